The third-order valence-electron chi connectivity index (χ3n) is 11.0. The van der Waals surface area contributed by atoms with Crippen molar-refractivity contribution in [2.24, 2.45) is 0 Å². The molecule has 0 bridgehead atoms. The summed E-state index contributed by atoms with van der Waals surface area (Å²) >= 11 is 0. The Morgan fingerprint density at radius 3 is 2.44 bits per heavy atom. The summed E-state index contributed by atoms with van der Waals surface area (Å²) in [5, 5.41) is 9.14. The molecule has 2 saturated carbocycles. The van der Waals surface area contributed by atoms with Gasteiger partial charge >= 0.3 is 5.97 Å². The standard InChI is InChI=1S/C38H54N8O6/c1-4-30-37(50)44(2)31-23-40-38(43-35(31)46(30)27-10-5-6-11-27)42-29-16-15-25(22-32(29)51-3)36(49)41-26-17-20-45(21-18-26)19-9-14-33(47)39-24-34(48)52-28-12-7-8-13-28/h15-16,22-23,26-28,30H,4-14,17-21,24H2,1-3H3,(H,39,47)(H,41,49)(H,40,42,43). The zero-order valence-corrected chi connectivity index (χ0v) is 30.8. The van der Waals surface area contributed by atoms with Crippen LogP contribution in [-0.4, -0.2) is 103 Å². The van der Waals surface area contributed by atoms with Crippen LogP contribution in [-0.2, 0) is 19.1 Å². The van der Waals surface area contributed by atoms with Gasteiger partial charge in [-0.15, -0.1) is 0 Å². The second-order valence-corrected chi connectivity index (χ2v) is 14.5. The average molecular weight is 719 g/mol. The summed E-state index contributed by atoms with van der Waals surface area (Å²) in [4.78, 5) is 66.4. The van der Waals surface area contributed by atoms with Crippen LogP contribution in [0.5, 0.6) is 5.75 Å². The van der Waals surface area contributed by atoms with Gasteiger partial charge in [0.15, 0.2) is 5.82 Å². The molecule has 1 atom stereocenters. The first-order chi connectivity index (χ1) is 25.2. The van der Waals surface area contributed by atoms with Crippen LogP contribution in [0.15, 0.2) is 24.4 Å². The van der Waals surface area contributed by atoms with Crippen LogP contribution in [0.3, 0.4) is 0 Å². The van der Waals surface area contributed by atoms with E-state index >= 15 is 0 Å². The van der Waals surface area contributed by atoms with Crippen LogP contribution in [0.2, 0.25) is 0 Å². The molecule has 14 heteroatoms. The van der Waals surface area contributed by atoms with Gasteiger partial charge in [-0.1, -0.05) is 19.8 Å². The molecule has 3 N–H and O–H groups in total. The van der Waals surface area contributed by atoms with Gasteiger partial charge in [0.1, 0.15) is 30.1 Å². The minimum atomic E-state index is -0.361. The highest BCUT2D eigenvalue weighted by Crippen LogP contribution is 2.40. The monoisotopic (exact) mass is 718 g/mol. The van der Waals surface area contributed by atoms with Gasteiger partial charge in [-0.05, 0) is 89.0 Å². The number of nitrogens with one attached hydrogen (secondary N) is 3. The summed E-state index contributed by atoms with van der Waals surface area (Å²) in [6.45, 7) is 4.41. The number of hydrogen-bond acceptors (Lipinski definition) is 11. The third kappa shape index (κ3) is 8.94. The summed E-state index contributed by atoms with van der Waals surface area (Å²) < 4.78 is 11.1. The Morgan fingerprint density at radius 1 is 1.00 bits per heavy atom. The van der Waals surface area contributed by atoms with Gasteiger partial charge in [0.25, 0.3) is 5.91 Å². The smallest absolute Gasteiger partial charge is 0.325 e. The quantitative estimate of drug-likeness (QED) is 0.239. The largest absolute Gasteiger partial charge is 0.495 e. The Hall–Kier alpha value is -4.46. The summed E-state index contributed by atoms with van der Waals surface area (Å²) in [7, 11) is 3.35. The van der Waals surface area contributed by atoms with Gasteiger partial charge in [0.05, 0.1) is 19.0 Å². The topological polar surface area (TPSA) is 158 Å². The minimum absolute atomic E-state index is 0.00452. The van der Waals surface area contributed by atoms with E-state index in [-0.39, 0.29) is 54.5 Å². The number of anilines is 4. The third-order valence-corrected chi connectivity index (χ3v) is 11.0. The number of ether oxygens (including phenoxy) is 2. The number of amides is 3. The molecular formula is C38H54N8O6. The second kappa shape index (κ2) is 17.4. The van der Waals surface area contributed by atoms with Crippen molar-refractivity contribution in [1.82, 2.24) is 25.5 Å². The van der Waals surface area contributed by atoms with E-state index in [2.05, 4.69) is 30.7 Å². The number of carbonyl (C=O) groups excluding carboxylic acids is 4. The fourth-order valence-electron chi connectivity index (χ4n) is 8.03. The zero-order valence-electron chi connectivity index (χ0n) is 30.8. The van der Waals surface area contributed by atoms with Crippen molar-refractivity contribution in [2.75, 3.05) is 55.5 Å². The summed E-state index contributed by atoms with van der Waals surface area (Å²) in [5.74, 6) is 1.05. The number of hydrogen-bond donors (Lipinski definition) is 3. The van der Waals surface area contributed by atoms with Crippen LogP contribution in [0, 0.1) is 0 Å². The summed E-state index contributed by atoms with van der Waals surface area (Å²) in [6.07, 6.45) is 13.5. The Labute approximate surface area is 306 Å². The molecule has 1 unspecified atom stereocenters. The van der Waals surface area contributed by atoms with Crippen LogP contribution < -0.4 is 30.5 Å². The Balaban J connectivity index is 0.975. The molecule has 2 aromatic rings. The van der Waals surface area contributed by atoms with Crippen molar-refractivity contribution in [2.45, 2.75) is 115 Å². The van der Waals surface area contributed by atoms with E-state index < -0.39 is 0 Å². The lowest BCUT2D eigenvalue weighted by Crippen LogP contribution is -2.55. The molecule has 3 amide bonds. The molecule has 2 aliphatic heterocycles. The molecule has 3 fully saturated rings. The Bertz CT molecular complexity index is 1590. The molecule has 1 aromatic carbocycles. The molecule has 1 aromatic heterocycles. The SMILES string of the molecule is CCC1C(=O)N(C)c2cnc(Nc3ccc(C(=O)NC4CCN(CCCC(=O)NCC(=O)OC5CCCC5)CC4)cc3OC)nc2N1C1CCCC1. The van der Waals surface area contributed by atoms with Crippen LogP contribution in [0.1, 0.15) is 101 Å². The van der Waals surface area contributed by atoms with Crippen molar-refractivity contribution in [3.63, 3.8) is 0 Å². The van der Waals surface area contributed by atoms with Crippen molar-refractivity contribution in [3.8, 4) is 5.75 Å². The molecule has 14 nitrogen and oxygen atoms in total. The van der Waals surface area contributed by atoms with Gasteiger partial charge in [-0.2, -0.15) is 4.98 Å². The van der Waals surface area contributed by atoms with Gasteiger partial charge < -0.3 is 40.1 Å². The van der Waals surface area contributed by atoms with E-state index in [4.69, 9.17) is 14.5 Å². The fraction of sp³-hybridized carbons (Fsp3) is 0.632. The highest BCUT2D eigenvalue weighted by Gasteiger charge is 2.41. The summed E-state index contributed by atoms with van der Waals surface area (Å²) in [5.41, 5.74) is 1.83. The predicted molar refractivity (Wildman–Crippen MR) is 198 cm³/mol. The molecule has 3 heterocycles. The number of benzene rings is 1. The highest BCUT2D eigenvalue weighted by atomic mass is 16.5. The maximum Gasteiger partial charge on any atom is 0.325 e. The van der Waals surface area contributed by atoms with Gasteiger partial charge in [-0.3, -0.25) is 19.2 Å². The molecule has 282 valence electrons. The van der Waals surface area contributed by atoms with E-state index in [1.807, 2.05) is 6.92 Å². The van der Waals surface area contributed by atoms with Crippen LogP contribution in [0.25, 0.3) is 0 Å². The van der Waals surface area contributed by atoms with Crippen molar-refractivity contribution in [1.29, 1.82) is 0 Å². The average Bonchev–Trinajstić information content (AvgIpc) is 3.88. The molecule has 1 saturated heterocycles. The number of esters is 1. The Kier molecular flexibility index (Phi) is 12.5. The zero-order chi connectivity index (χ0) is 36.6. The van der Waals surface area contributed by atoms with Crippen molar-refractivity contribution < 1.29 is 28.7 Å². The number of aromatic nitrogens is 2. The number of carbonyl (C=O) groups is 4. The molecule has 4 aliphatic rings. The second-order valence-electron chi connectivity index (χ2n) is 14.5. The first kappa shape index (κ1) is 37.3. The lowest BCUT2D eigenvalue weighted by molar-refractivity contribution is -0.148. The first-order valence-corrected chi connectivity index (χ1v) is 19.1. The molecule has 6 rings (SSSR count). The molecule has 0 radical (unpaired) electrons. The van der Waals surface area contributed by atoms with Crippen molar-refractivity contribution in [3.05, 3.63) is 30.0 Å². The van der Waals surface area contributed by atoms with Crippen LogP contribution in [0.4, 0.5) is 23.1 Å². The molecular weight excluding hydrogens is 664 g/mol. The number of methoxy groups -OCH3 is 1. The van der Waals surface area contributed by atoms with Crippen LogP contribution >= 0.6 is 0 Å². The predicted octanol–water partition coefficient (Wildman–Crippen LogP) is 4.31. The maximum atomic E-state index is 13.3. The normalized spacial score (nSPS) is 20.1. The lowest BCUT2D eigenvalue weighted by atomic mass is 10.0. The number of piperidine rings is 1. The Morgan fingerprint density at radius 2 is 1.73 bits per heavy atom. The fourth-order valence-corrected chi connectivity index (χ4v) is 8.03. The van der Waals surface area contributed by atoms with Gasteiger partial charge in [0, 0.05) is 44.2 Å². The molecule has 52 heavy (non-hydrogen) atoms. The van der Waals surface area contributed by atoms with Gasteiger partial charge in [0.2, 0.25) is 17.8 Å². The van der Waals surface area contributed by atoms with E-state index in [9.17, 15) is 19.2 Å². The molecule has 0 spiro atoms. The van der Waals surface area contributed by atoms with E-state index in [0.717, 1.165) is 89.7 Å². The van der Waals surface area contributed by atoms with E-state index in [1.165, 1.54) is 0 Å². The number of rotatable bonds is 14. The number of fused-ring (bicyclic) bond motifs is 1. The summed E-state index contributed by atoms with van der Waals surface area (Å²) in [6, 6.07) is 5.34. The van der Waals surface area contributed by atoms with E-state index in [0.29, 0.717) is 47.9 Å². The lowest BCUT2D eigenvalue weighted by Gasteiger charge is -2.43. The number of nitrogens with zero attached hydrogens (tertiary/aromatic N) is 5. The molecule has 2 aliphatic carbocycles. The van der Waals surface area contributed by atoms with Gasteiger partial charge in [-0.25, -0.2) is 4.98 Å². The van der Waals surface area contributed by atoms with Crippen molar-refractivity contribution >= 4 is 46.8 Å². The van der Waals surface area contributed by atoms with E-state index in [1.54, 1.807) is 43.5 Å². The minimum Gasteiger partial charge on any atom is -0.495 e. The first-order valence-electron chi connectivity index (χ1n) is 19.1. The number of likely N-dealkylation sites (tertiary alicyclic amines) is 1. The highest BCUT2D eigenvalue weighted by molar-refractivity contribution is 6.04. The number of likely N-dealkylation sites (N-methyl/N-ethyl adjacent to an activating group) is 1. The maximum absolute atomic E-state index is 13.3.